The quantitative estimate of drug-likeness (QED) is 0.750. The second-order valence-electron chi connectivity index (χ2n) is 5.85. The maximum atomic E-state index is 12.4. The summed E-state index contributed by atoms with van der Waals surface area (Å²) >= 11 is 1.61. The van der Waals surface area contributed by atoms with Crippen molar-refractivity contribution >= 4 is 33.3 Å². The molecule has 1 aromatic heterocycles. The minimum absolute atomic E-state index is 0.180. The maximum Gasteiger partial charge on any atom is 0.321 e. The van der Waals surface area contributed by atoms with Crippen LogP contribution in [0, 0.1) is 0 Å². The van der Waals surface area contributed by atoms with Gasteiger partial charge in [0.2, 0.25) is 0 Å². The number of anilines is 1. The number of rotatable bonds is 2. The van der Waals surface area contributed by atoms with Crippen molar-refractivity contribution in [3.8, 4) is 10.6 Å². The first kappa shape index (κ1) is 15.1. The van der Waals surface area contributed by atoms with Gasteiger partial charge in [-0.15, -0.1) is 11.3 Å². The fourth-order valence-corrected chi connectivity index (χ4v) is 3.89. The number of urea groups is 1. The van der Waals surface area contributed by atoms with Crippen LogP contribution in [0.2, 0.25) is 0 Å². The van der Waals surface area contributed by atoms with E-state index in [0.717, 1.165) is 26.5 Å². The predicted molar refractivity (Wildman–Crippen MR) is 96.3 cm³/mol. The lowest BCUT2D eigenvalue weighted by Crippen LogP contribution is -2.33. The molecule has 2 N–H and O–H groups in total. The van der Waals surface area contributed by atoms with Crippen molar-refractivity contribution in [1.29, 1.82) is 0 Å². The first-order chi connectivity index (χ1) is 11.7. The molecule has 6 heteroatoms. The highest BCUT2D eigenvalue weighted by molar-refractivity contribution is 7.21. The summed E-state index contributed by atoms with van der Waals surface area (Å²) < 4.78 is 1.12. The van der Waals surface area contributed by atoms with E-state index in [2.05, 4.69) is 10.3 Å². The monoisotopic (exact) mass is 339 g/mol. The second-order valence-corrected chi connectivity index (χ2v) is 6.88. The minimum Gasteiger partial charge on any atom is -0.391 e. The van der Waals surface area contributed by atoms with Crippen molar-refractivity contribution in [3.63, 3.8) is 0 Å². The molecule has 0 aliphatic carbocycles. The molecule has 1 fully saturated rings. The number of β-amino-alcohol motifs (C(OH)–C–C–N with tert-alkyl or cyclic N) is 1. The Hall–Kier alpha value is -2.44. The third-order valence-corrected chi connectivity index (χ3v) is 5.21. The summed E-state index contributed by atoms with van der Waals surface area (Å²) in [5, 5.41) is 13.4. The summed E-state index contributed by atoms with van der Waals surface area (Å²) in [6.45, 7) is 0.964. The molecule has 24 heavy (non-hydrogen) atoms. The first-order valence-corrected chi connectivity index (χ1v) is 8.71. The van der Waals surface area contributed by atoms with Crippen LogP contribution in [-0.4, -0.2) is 40.2 Å². The first-order valence-electron chi connectivity index (χ1n) is 7.90. The van der Waals surface area contributed by atoms with Crippen molar-refractivity contribution in [2.24, 2.45) is 0 Å². The van der Waals surface area contributed by atoms with Gasteiger partial charge in [0.15, 0.2) is 0 Å². The van der Waals surface area contributed by atoms with Crippen molar-refractivity contribution in [3.05, 3.63) is 48.5 Å². The van der Waals surface area contributed by atoms with Crippen molar-refractivity contribution < 1.29 is 9.90 Å². The van der Waals surface area contributed by atoms with E-state index in [4.69, 9.17) is 0 Å². The molecule has 5 nitrogen and oxygen atoms in total. The van der Waals surface area contributed by atoms with Gasteiger partial charge in [-0.25, -0.2) is 9.78 Å². The standard InChI is InChI=1S/C18H17N3O2S/c22-12-9-10-21(11-12)18(23)20-14-6-2-1-5-13(14)17-19-15-7-3-4-8-16(15)24-17/h1-8,12,22H,9-11H2,(H,20,23)/t12-/m1/s1. The van der Waals surface area contributed by atoms with E-state index in [-0.39, 0.29) is 6.03 Å². The van der Waals surface area contributed by atoms with Crippen molar-refractivity contribution in [1.82, 2.24) is 9.88 Å². The summed E-state index contributed by atoms with van der Waals surface area (Å²) in [6, 6.07) is 15.5. The molecule has 0 unspecified atom stereocenters. The lowest BCUT2D eigenvalue weighted by Gasteiger charge is -2.17. The molecular formula is C18H17N3O2S. The Balaban J connectivity index is 1.64. The number of hydrogen-bond donors (Lipinski definition) is 2. The molecule has 1 aliphatic rings. The van der Waals surface area contributed by atoms with Crippen LogP contribution < -0.4 is 5.32 Å². The lowest BCUT2D eigenvalue weighted by molar-refractivity contribution is 0.176. The van der Waals surface area contributed by atoms with E-state index in [1.54, 1.807) is 16.2 Å². The Bertz CT molecular complexity index is 860. The van der Waals surface area contributed by atoms with Gasteiger partial charge in [-0.2, -0.15) is 0 Å². The number of para-hydroxylation sites is 2. The van der Waals surface area contributed by atoms with Crippen LogP contribution >= 0.6 is 11.3 Å². The van der Waals surface area contributed by atoms with Crippen molar-refractivity contribution in [2.75, 3.05) is 18.4 Å². The number of aliphatic hydroxyl groups is 1. The van der Waals surface area contributed by atoms with Crippen LogP contribution in [0.4, 0.5) is 10.5 Å². The molecule has 0 bridgehead atoms. The Morgan fingerprint density at radius 3 is 2.79 bits per heavy atom. The molecule has 4 rings (SSSR count). The highest BCUT2D eigenvalue weighted by Gasteiger charge is 2.25. The summed E-state index contributed by atoms with van der Waals surface area (Å²) in [5.41, 5.74) is 2.61. The predicted octanol–water partition coefficient (Wildman–Crippen LogP) is 3.56. The Kier molecular flexibility index (Phi) is 3.92. The lowest BCUT2D eigenvalue weighted by atomic mass is 10.2. The number of carbonyl (C=O) groups excluding carboxylic acids is 1. The molecule has 0 spiro atoms. The van der Waals surface area contributed by atoms with Gasteiger partial charge in [-0.3, -0.25) is 0 Å². The molecule has 0 saturated carbocycles. The number of nitrogens with one attached hydrogen (secondary N) is 1. The number of fused-ring (bicyclic) bond motifs is 1. The van der Waals surface area contributed by atoms with Gasteiger partial charge in [0.25, 0.3) is 0 Å². The smallest absolute Gasteiger partial charge is 0.321 e. The highest BCUT2D eigenvalue weighted by Crippen LogP contribution is 2.34. The molecule has 0 radical (unpaired) electrons. The average molecular weight is 339 g/mol. The second kappa shape index (κ2) is 6.22. The zero-order valence-corrected chi connectivity index (χ0v) is 13.8. The van der Waals surface area contributed by atoms with Gasteiger partial charge in [-0.05, 0) is 30.7 Å². The van der Waals surface area contributed by atoms with Gasteiger partial charge in [-0.1, -0.05) is 24.3 Å². The van der Waals surface area contributed by atoms with Gasteiger partial charge in [0, 0.05) is 18.7 Å². The fraction of sp³-hybridized carbons (Fsp3) is 0.222. The number of amides is 2. The number of hydrogen-bond acceptors (Lipinski definition) is 4. The molecule has 2 amide bonds. The van der Waals surface area contributed by atoms with E-state index >= 15 is 0 Å². The molecule has 1 aliphatic heterocycles. The largest absolute Gasteiger partial charge is 0.391 e. The number of likely N-dealkylation sites (tertiary alicyclic amines) is 1. The third-order valence-electron chi connectivity index (χ3n) is 4.14. The van der Waals surface area contributed by atoms with Gasteiger partial charge in [0.05, 0.1) is 22.0 Å². The zero-order chi connectivity index (χ0) is 16.5. The molecule has 122 valence electrons. The summed E-state index contributed by atoms with van der Waals surface area (Å²) in [7, 11) is 0. The topological polar surface area (TPSA) is 65.5 Å². The van der Waals surface area contributed by atoms with E-state index in [1.807, 2.05) is 48.5 Å². The Labute approximate surface area is 143 Å². The number of aliphatic hydroxyl groups excluding tert-OH is 1. The van der Waals surface area contributed by atoms with Crippen LogP contribution in [0.25, 0.3) is 20.8 Å². The Morgan fingerprint density at radius 2 is 2.00 bits per heavy atom. The normalized spacial score (nSPS) is 17.4. The fourth-order valence-electron chi connectivity index (χ4n) is 2.89. The van der Waals surface area contributed by atoms with Crippen LogP contribution in [0.3, 0.4) is 0 Å². The summed E-state index contributed by atoms with van der Waals surface area (Å²) in [5.74, 6) is 0. The molecule has 1 atom stereocenters. The van der Waals surface area contributed by atoms with Crippen LogP contribution in [0.5, 0.6) is 0 Å². The number of thiazole rings is 1. The van der Waals surface area contributed by atoms with Crippen LogP contribution in [0.1, 0.15) is 6.42 Å². The molecule has 2 heterocycles. The Morgan fingerprint density at radius 1 is 1.21 bits per heavy atom. The van der Waals surface area contributed by atoms with Gasteiger partial charge >= 0.3 is 6.03 Å². The van der Waals surface area contributed by atoms with Crippen LogP contribution in [0.15, 0.2) is 48.5 Å². The van der Waals surface area contributed by atoms with E-state index < -0.39 is 6.10 Å². The molecule has 1 saturated heterocycles. The highest BCUT2D eigenvalue weighted by atomic mass is 32.1. The summed E-state index contributed by atoms with van der Waals surface area (Å²) in [6.07, 6.45) is 0.211. The number of benzene rings is 2. The van der Waals surface area contributed by atoms with Gasteiger partial charge < -0.3 is 15.3 Å². The van der Waals surface area contributed by atoms with Crippen molar-refractivity contribution in [2.45, 2.75) is 12.5 Å². The molecule has 2 aromatic carbocycles. The molecule has 3 aromatic rings. The van der Waals surface area contributed by atoms with E-state index in [9.17, 15) is 9.90 Å². The van der Waals surface area contributed by atoms with Crippen LogP contribution in [-0.2, 0) is 0 Å². The SMILES string of the molecule is O=C(Nc1ccccc1-c1nc2ccccc2s1)N1CC[C@@H](O)C1. The third kappa shape index (κ3) is 2.86. The number of aromatic nitrogens is 1. The van der Waals surface area contributed by atoms with E-state index in [0.29, 0.717) is 19.5 Å². The van der Waals surface area contributed by atoms with E-state index in [1.165, 1.54) is 0 Å². The number of carbonyl (C=O) groups is 1. The van der Waals surface area contributed by atoms with Gasteiger partial charge in [0.1, 0.15) is 5.01 Å². The zero-order valence-electron chi connectivity index (χ0n) is 13.0. The average Bonchev–Trinajstić information content (AvgIpc) is 3.21. The molecular weight excluding hydrogens is 322 g/mol. The minimum atomic E-state index is -0.421. The maximum absolute atomic E-state index is 12.4. The summed E-state index contributed by atoms with van der Waals surface area (Å²) in [4.78, 5) is 18.7. The number of nitrogens with zero attached hydrogens (tertiary/aromatic N) is 2.